The van der Waals surface area contributed by atoms with E-state index < -0.39 is 11.8 Å². The van der Waals surface area contributed by atoms with Crippen LogP contribution in [-0.4, -0.2) is 0 Å². The molecule has 0 aromatic heterocycles. The SMILES string of the molecule is [2H]C(C)(C)C1([2H])CCCC1. The number of hydrogen-bond donors (Lipinski definition) is 0. The van der Waals surface area contributed by atoms with Crippen LogP contribution in [-0.2, 0) is 0 Å². The maximum absolute atomic E-state index is 7.94. The van der Waals surface area contributed by atoms with Gasteiger partial charge in [-0.05, 0) is 11.8 Å². The van der Waals surface area contributed by atoms with Crippen LogP contribution in [0.5, 0.6) is 0 Å². The van der Waals surface area contributed by atoms with Crippen molar-refractivity contribution in [2.75, 3.05) is 0 Å². The minimum absolute atomic E-state index is 0.451. The van der Waals surface area contributed by atoms with E-state index in [0.29, 0.717) is 0 Å². The highest BCUT2D eigenvalue weighted by Gasteiger charge is 2.17. The van der Waals surface area contributed by atoms with E-state index in [1.165, 1.54) is 0 Å². The summed E-state index contributed by atoms with van der Waals surface area (Å²) in [6.07, 6.45) is 4.13. The third kappa shape index (κ3) is 1.24. The van der Waals surface area contributed by atoms with E-state index >= 15 is 0 Å². The highest BCUT2D eigenvalue weighted by atomic mass is 14.2. The van der Waals surface area contributed by atoms with Crippen LogP contribution in [0.25, 0.3) is 0 Å². The first-order chi connectivity index (χ1) is 4.46. The molecule has 0 heterocycles. The first kappa shape index (κ1) is 3.92. The summed E-state index contributed by atoms with van der Waals surface area (Å²) in [5, 5.41) is 0. The van der Waals surface area contributed by atoms with Crippen LogP contribution in [0.1, 0.15) is 42.3 Å². The second-order valence-electron chi connectivity index (χ2n) is 2.81. The summed E-state index contributed by atoms with van der Waals surface area (Å²) in [6.45, 7) is 3.70. The summed E-state index contributed by atoms with van der Waals surface area (Å²) < 4.78 is 15.7. The second-order valence-corrected chi connectivity index (χ2v) is 2.81. The Morgan fingerprint density at radius 2 is 2.00 bits per heavy atom. The molecule has 1 rings (SSSR count). The molecule has 1 aliphatic carbocycles. The molecule has 0 spiro atoms. The standard InChI is InChI=1S/C8H16/c1-7(2)8-5-3-4-6-8/h7-8H,3-6H2,1-2H3/i7D,8D. The Morgan fingerprint density at radius 1 is 1.50 bits per heavy atom. The van der Waals surface area contributed by atoms with Gasteiger partial charge in [0.25, 0.3) is 0 Å². The summed E-state index contributed by atoms with van der Waals surface area (Å²) >= 11 is 0. The predicted octanol–water partition coefficient (Wildman–Crippen LogP) is 2.83. The van der Waals surface area contributed by atoms with Gasteiger partial charge in [0, 0.05) is 2.74 Å². The molecule has 0 saturated heterocycles. The molecule has 1 aliphatic rings. The van der Waals surface area contributed by atoms with E-state index in [1.807, 2.05) is 13.8 Å². The van der Waals surface area contributed by atoms with Crippen LogP contribution in [0.15, 0.2) is 0 Å². The Bertz CT molecular complexity index is 118. The predicted molar refractivity (Wildman–Crippen MR) is 36.8 cm³/mol. The maximum atomic E-state index is 7.94. The molecule has 0 N–H and O–H groups in total. The Hall–Kier alpha value is 0. The van der Waals surface area contributed by atoms with Crippen LogP contribution in [0.2, 0.25) is 0 Å². The van der Waals surface area contributed by atoms with Crippen LogP contribution in [0.4, 0.5) is 0 Å². The first-order valence-electron chi connectivity index (χ1n) is 4.46. The minimum Gasteiger partial charge on any atom is -0.0625 e. The lowest BCUT2D eigenvalue weighted by Gasteiger charge is -2.11. The molecule has 0 aliphatic heterocycles. The van der Waals surface area contributed by atoms with Crippen molar-refractivity contribution in [2.45, 2.75) is 39.5 Å². The van der Waals surface area contributed by atoms with E-state index in [2.05, 4.69) is 0 Å². The van der Waals surface area contributed by atoms with Gasteiger partial charge in [-0.3, -0.25) is 0 Å². The van der Waals surface area contributed by atoms with Crippen molar-refractivity contribution >= 4 is 0 Å². The fourth-order valence-corrected chi connectivity index (χ4v) is 1.30. The topological polar surface area (TPSA) is 0 Å². The van der Waals surface area contributed by atoms with Crippen molar-refractivity contribution in [1.29, 1.82) is 0 Å². The molecular formula is C8H16. The molecule has 0 amide bonds. The average Bonchev–Trinajstić information content (AvgIpc) is 2.13. The van der Waals surface area contributed by atoms with Crippen LogP contribution in [0, 0.1) is 11.8 Å². The molecule has 1 saturated carbocycles. The molecular weight excluding hydrogens is 96.1 g/mol. The molecule has 0 radical (unpaired) electrons. The van der Waals surface area contributed by atoms with Gasteiger partial charge >= 0.3 is 0 Å². The van der Waals surface area contributed by atoms with Gasteiger partial charge in [-0.2, -0.15) is 0 Å². The molecule has 0 aromatic rings. The lowest BCUT2D eigenvalue weighted by atomic mass is 9.95. The largest absolute Gasteiger partial charge is 0.0625 e. The fraction of sp³-hybridized carbons (Fsp3) is 1.00. The van der Waals surface area contributed by atoms with E-state index in [1.54, 1.807) is 0 Å². The molecule has 0 atom stereocenters. The lowest BCUT2D eigenvalue weighted by Crippen LogP contribution is -2.01. The summed E-state index contributed by atoms with van der Waals surface area (Å²) in [4.78, 5) is 0. The zero-order valence-corrected chi connectivity index (χ0v) is 5.83. The third-order valence-electron chi connectivity index (χ3n) is 1.91. The highest BCUT2D eigenvalue weighted by Crippen LogP contribution is 2.30. The monoisotopic (exact) mass is 114 g/mol. The van der Waals surface area contributed by atoms with Gasteiger partial charge in [0.05, 0.1) is 0 Å². The zero-order valence-electron chi connectivity index (χ0n) is 7.83. The summed E-state index contributed by atoms with van der Waals surface area (Å²) in [6, 6.07) is 0. The van der Waals surface area contributed by atoms with Gasteiger partial charge in [-0.25, -0.2) is 0 Å². The maximum Gasteiger partial charge on any atom is 0.0305 e. The third-order valence-corrected chi connectivity index (χ3v) is 1.91. The van der Waals surface area contributed by atoms with Crippen LogP contribution >= 0.6 is 0 Å². The molecule has 0 aromatic carbocycles. The Morgan fingerprint density at radius 3 is 2.25 bits per heavy atom. The molecule has 8 heavy (non-hydrogen) atoms. The zero-order chi connectivity index (χ0) is 7.83. The van der Waals surface area contributed by atoms with Crippen molar-refractivity contribution < 1.29 is 2.74 Å². The summed E-state index contributed by atoms with van der Waals surface area (Å²) in [7, 11) is 0. The Labute approximate surface area is 55.1 Å². The van der Waals surface area contributed by atoms with E-state index in [0.717, 1.165) is 25.7 Å². The van der Waals surface area contributed by atoms with E-state index in [-0.39, 0.29) is 0 Å². The normalized spacial score (nSPS) is 31.8. The molecule has 48 valence electrons. The van der Waals surface area contributed by atoms with Gasteiger partial charge in [0.15, 0.2) is 0 Å². The van der Waals surface area contributed by atoms with Crippen LogP contribution < -0.4 is 0 Å². The van der Waals surface area contributed by atoms with E-state index in [9.17, 15) is 0 Å². The van der Waals surface area contributed by atoms with Gasteiger partial charge in [0.2, 0.25) is 0 Å². The fourth-order valence-electron chi connectivity index (χ4n) is 1.30. The van der Waals surface area contributed by atoms with Crippen LogP contribution in [0.3, 0.4) is 0 Å². The number of rotatable bonds is 1. The van der Waals surface area contributed by atoms with Gasteiger partial charge in [-0.15, -0.1) is 0 Å². The molecule has 0 bridgehead atoms. The van der Waals surface area contributed by atoms with E-state index in [4.69, 9.17) is 2.74 Å². The van der Waals surface area contributed by atoms with Crippen molar-refractivity contribution in [3.05, 3.63) is 0 Å². The van der Waals surface area contributed by atoms with Crippen molar-refractivity contribution in [1.82, 2.24) is 0 Å². The second kappa shape index (κ2) is 2.52. The van der Waals surface area contributed by atoms with Gasteiger partial charge < -0.3 is 0 Å². The Kier molecular flexibility index (Phi) is 1.23. The quantitative estimate of drug-likeness (QED) is 0.491. The van der Waals surface area contributed by atoms with Gasteiger partial charge in [0.1, 0.15) is 0 Å². The average molecular weight is 114 g/mol. The molecule has 0 nitrogen and oxygen atoms in total. The van der Waals surface area contributed by atoms with Crippen molar-refractivity contribution in [3.63, 3.8) is 0 Å². The lowest BCUT2D eigenvalue weighted by molar-refractivity contribution is 0.396. The first-order valence-corrected chi connectivity index (χ1v) is 3.46. The minimum atomic E-state index is -0.566. The Balaban J connectivity index is 2.67. The number of hydrogen-bond acceptors (Lipinski definition) is 0. The molecule has 0 unspecified atom stereocenters. The molecule has 0 heteroatoms. The highest BCUT2D eigenvalue weighted by molar-refractivity contribution is 4.69. The van der Waals surface area contributed by atoms with Crippen molar-refractivity contribution in [2.24, 2.45) is 11.8 Å². The summed E-state index contributed by atoms with van der Waals surface area (Å²) in [5.41, 5.74) is 0. The molecule has 1 fully saturated rings. The van der Waals surface area contributed by atoms with Gasteiger partial charge in [-0.1, -0.05) is 39.5 Å². The smallest absolute Gasteiger partial charge is 0.0305 e. The summed E-state index contributed by atoms with van der Waals surface area (Å²) in [5.74, 6) is -1.02. The van der Waals surface area contributed by atoms with Crippen molar-refractivity contribution in [3.8, 4) is 0 Å².